The van der Waals surface area contributed by atoms with Crippen molar-refractivity contribution in [2.75, 3.05) is 38.8 Å². The number of rotatable bonds is 7. The third-order valence-electron chi connectivity index (χ3n) is 5.78. The van der Waals surface area contributed by atoms with Gasteiger partial charge in [-0.3, -0.25) is 4.79 Å². The Balaban J connectivity index is 1.52. The first-order valence-corrected chi connectivity index (χ1v) is 11.5. The lowest BCUT2D eigenvalue weighted by atomic mass is 10.1. The highest BCUT2D eigenvalue weighted by Crippen LogP contribution is 2.29. The van der Waals surface area contributed by atoms with E-state index >= 15 is 0 Å². The van der Waals surface area contributed by atoms with Crippen molar-refractivity contribution in [2.45, 2.75) is 13.0 Å². The molecule has 0 spiro atoms. The minimum atomic E-state index is 0.0813. The smallest absolute Gasteiger partial charge is 0.256 e. The number of nitrogens with zero attached hydrogens (tertiary/aromatic N) is 2. The van der Waals surface area contributed by atoms with Crippen molar-refractivity contribution < 1.29 is 14.3 Å². The standard InChI is InChI=1S/C26H27BrN2O3/c1-31-24-11-10-19(17-25(24)32-2)12-13-28-14-15-29(18-20-6-5-7-21(27)16-20)23-9-4-3-8-22(23)26(28)30/h3-11,16-17H,12-15,18H2,1-2H3. The number of carbonyl (C=O) groups is 1. The molecule has 0 bridgehead atoms. The Kier molecular flexibility index (Phi) is 7.00. The van der Waals surface area contributed by atoms with Crippen molar-refractivity contribution in [1.29, 1.82) is 0 Å². The van der Waals surface area contributed by atoms with Crippen molar-refractivity contribution in [2.24, 2.45) is 0 Å². The van der Waals surface area contributed by atoms with Gasteiger partial charge in [0.25, 0.3) is 5.91 Å². The molecule has 0 aliphatic carbocycles. The summed E-state index contributed by atoms with van der Waals surface area (Å²) in [5.41, 5.74) is 4.07. The van der Waals surface area contributed by atoms with Gasteiger partial charge in [-0.25, -0.2) is 0 Å². The van der Waals surface area contributed by atoms with Gasteiger partial charge in [-0.15, -0.1) is 0 Å². The Morgan fingerprint density at radius 2 is 1.62 bits per heavy atom. The number of hydrogen-bond donors (Lipinski definition) is 0. The molecule has 3 aromatic carbocycles. The molecule has 1 aliphatic rings. The Bertz CT molecular complexity index is 1100. The number of amides is 1. The molecule has 5 nitrogen and oxygen atoms in total. The number of ether oxygens (including phenoxy) is 2. The SMILES string of the molecule is COc1ccc(CCN2CCN(Cc3cccc(Br)c3)c3ccccc3C2=O)cc1OC. The molecule has 0 fully saturated rings. The second-order valence-electron chi connectivity index (χ2n) is 7.80. The fraction of sp³-hybridized carbons (Fsp3) is 0.269. The highest BCUT2D eigenvalue weighted by Gasteiger charge is 2.26. The number of methoxy groups -OCH3 is 2. The second kappa shape index (κ2) is 10.1. The molecule has 0 saturated heterocycles. The Labute approximate surface area is 197 Å². The van der Waals surface area contributed by atoms with Gasteiger partial charge in [-0.1, -0.05) is 46.3 Å². The third-order valence-corrected chi connectivity index (χ3v) is 6.28. The maximum Gasteiger partial charge on any atom is 0.256 e. The molecular formula is C26H27BrN2O3. The van der Waals surface area contributed by atoms with Crippen LogP contribution in [0.1, 0.15) is 21.5 Å². The van der Waals surface area contributed by atoms with Gasteiger partial charge in [0.1, 0.15) is 0 Å². The van der Waals surface area contributed by atoms with Crippen LogP contribution < -0.4 is 14.4 Å². The molecule has 0 aromatic heterocycles. The number of hydrogen-bond acceptors (Lipinski definition) is 4. The maximum absolute atomic E-state index is 13.4. The lowest BCUT2D eigenvalue weighted by Crippen LogP contribution is -2.36. The maximum atomic E-state index is 13.4. The highest BCUT2D eigenvalue weighted by molar-refractivity contribution is 9.10. The van der Waals surface area contributed by atoms with Crippen LogP contribution in [0.4, 0.5) is 5.69 Å². The predicted molar refractivity (Wildman–Crippen MR) is 131 cm³/mol. The molecule has 0 unspecified atom stereocenters. The van der Waals surface area contributed by atoms with Crippen molar-refractivity contribution in [3.63, 3.8) is 0 Å². The van der Waals surface area contributed by atoms with E-state index in [2.05, 4.69) is 33.0 Å². The van der Waals surface area contributed by atoms with Crippen LogP contribution >= 0.6 is 15.9 Å². The summed E-state index contributed by atoms with van der Waals surface area (Å²) >= 11 is 3.56. The molecule has 0 N–H and O–H groups in total. The number of fused-ring (bicyclic) bond motifs is 1. The van der Waals surface area contributed by atoms with Crippen LogP contribution in [0.2, 0.25) is 0 Å². The molecular weight excluding hydrogens is 468 g/mol. The summed E-state index contributed by atoms with van der Waals surface area (Å²) < 4.78 is 11.8. The molecule has 4 rings (SSSR count). The molecule has 6 heteroatoms. The lowest BCUT2D eigenvalue weighted by molar-refractivity contribution is 0.0768. The fourth-order valence-corrected chi connectivity index (χ4v) is 4.54. The molecule has 32 heavy (non-hydrogen) atoms. The number of halogens is 1. The molecule has 0 radical (unpaired) electrons. The zero-order valence-corrected chi connectivity index (χ0v) is 20.0. The summed E-state index contributed by atoms with van der Waals surface area (Å²) in [6, 6.07) is 22.1. The molecule has 0 atom stereocenters. The Morgan fingerprint density at radius 3 is 2.41 bits per heavy atom. The van der Waals surface area contributed by atoms with Crippen molar-refractivity contribution in [3.05, 3.63) is 87.9 Å². The van der Waals surface area contributed by atoms with Crippen molar-refractivity contribution >= 4 is 27.5 Å². The zero-order valence-electron chi connectivity index (χ0n) is 18.4. The van der Waals surface area contributed by atoms with E-state index in [1.165, 1.54) is 5.56 Å². The number of anilines is 1. The number of carbonyl (C=O) groups excluding carboxylic acids is 1. The number of para-hydroxylation sites is 1. The highest BCUT2D eigenvalue weighted by atomic mass is 79.9. The van der Waals surface area contributed by atoms with Crippen LogP contribution in [-0.2, 0) is 13.0 Å². The fourth-order valence-electron chi connectivity index (χ4n) is 4.10. The molecule has 1 heterocycles. The van der Waals surface area contributed by atoms with E-state index in [0.29, 0.717) is 24.6 Å². The first kappa shape index (κ1) is 22.2. The molecule has 3 aromatic rings. The lowest BCUT2D eigenvalue weighted by Gasteiger charge is -2.25. The number of benzene rings is 3. The van der Waals surface area contributed by atoms with Crippen LogP contribution in [0.3, 0.4) is 0 Å². The van der Waals surface area contributed by atoms with E-state index in [9.17, 15) is 4.79 Å². The minimum absolute atomic E-state index is 0.0813. The van der Waals surface area contributed by atoms with Crippen LogP contribution in [-0.4, -0.2) is 44.7 Å². The molecule has 1 aliphatic heterocycles. The quantitative estimate of drug-likeness (QED) is 0.454. The van der Waals surface area contributed by atoms with E-state index in [0.717, 1.165) is 40.8 Å². The van der Waals surface area contributed by atoms with Crippen molar-refractivity contribution in [3.8, 4) is 11.5 Å². The summed E-state index contributed by atoms with van der Waals surface area (Å²) in [5, 5.41) is 0. The van der Waals surface area contributed by atoms with E-state index in [-0.39, 0.29) is 5.91 Å². The predicted octanol–water partition coefficient (Wildman–Crippen LogP) is 5.17. The Hall–Kier alpha value is -2.99. The van der Waals surface area contributed by atoms with Gasteiger partial charge < -0.3 is 19.3 Å². The molecule has 1 amide bonds. The summed E-state index contributed by atoms with van der Waals surface area (Å²) in [6.45, 7) is 2.86. The third kappa shape index (κ3) is 4.91. The van der Waals surface area contributed by atoms with Gasteiger partial charge >= 0.3 is 0 Å². The topological polar surface area (TPSA) is 42.0 Å². The average molecular weight is 495 g/mol. The van der Waals surface area contributed by atoms with Gasteiger partial charge in [0.2, 0.25) is 0 Å². The van der Waals surface area contributed by atoms with E-state index in [4.69, 9.17) is 9.47 Å². The monoisotopic (exact) mass is 494 g/mol. The largest absolute Gasteiger partial charge is 0.493 e. The zero-order chi connectivity index (χ0) is 22.5. The summed E-state index contributed by atoms with van der Waals surface area (Å²) in [4.78, 5) is 17.6. The summed E-state index contributed by atoms with van der Waals surface area (Å²) in [6.07, 6.45) is 0.750. The van der Waals surface area contributed by atoms with Gasteiger partial charge in [-0.05, 0) is 53.9 Å². The van der Waals surface area contributed by atoms with Gasteiger partial charge in [-0.2, -0.15) is 0 Å². The van der Waals surface area contributed by atoms with E-state index in [1.807, 2.05) is 59.5 Å². The molecule has 0 saturated carbocycles. The average Bonchev–Trinajstić information content (AvgIpc) is 2.94. The van der Waals surface area contributed by atoms with Crippen LogP contribution in [0.15, 0.2) is 71.2 Å². The van der Waals surface area contributed by atoms with Crippen LogP contribution in [0, 0.1) is 0 Å². The Morgan fingerprint density at radius 1 is 0.844 bits per heavy atom. The van der Waals surface area contributed by atoms with Gasteiger partial charge in [0, 0.05) is 36.3 Å². The first-order valence-electron chi connectivity index (χ1n) is 10.7. The summed E-state index contributed by atoms with van der Waals surface area (Å²) in [5.74, 6) is 1.50. The van der Waals surface area contributed by atoms with Gasteiger partial charge in [0.15, 0.2) is 11.5 Å². The van der Waals surface area contributed by atoms with E-state index < -0.39 is 0 Å². The van der Waals surface area contributed by atoms with Gasteiger partial charge in [0.05, 0.1) is 19.8 Å². The first-order chi connectivity index (χ1) is 15.6. The minimum Gasteiger partial charge on any atom is -0.493 e. The second-order valence-corrected chi connectivity index (χ2v) is 8.72. The summed E-state index contributed by atoms with van der Waals surface area (Å²) in [7, 11) is 3.27. The van der Waals surface area contributed by atoms with Crippen LogP contribution in [0.5, 0.6) is 11.5 Å². The van der Waals surface area contributed by atoms with Crippen LogP contribution in [0.25, 0.3) is 0 Å². The van der Waals surface area contributed by atoms with Crippen molar-refractivity contribution in [1.82, 2.24) is 4.90 Å². The normalized spacial score (nSPS) is 13.5. The van der Waals surface area contributed by atoms with E-state index in [1.54, 1.807) is 14.2 Å². The molecule has 166 valence electrons.